The van der Waals surface area contributed by atoms with Gasteiger partial charge in [0.25, 0.3) is 5.91 Å². The number of nitrogens with one attached hydrogen (secondary N) is 1. The van der Waals surface area contributed by atoms with E-state index in [1.165, 1.54) is 0 Å². The van der Waals surface area contributed by atoms with Crippen LogP contribution < -0.4 is 5.32 Å². The summed E-state index contributed by atoms with van der Waals surface area (Å²) in [5.41, 5.74) is 0.256. The number of amides is 1. The Kier molecular flexibility index (Phi) is 3.15. The molecule has 0 saturated heterocycles. The fourth-order valence-corrected chi connectivity index (χ4v) is 2.83. The van der Waals surface area contributed by atoms with Gasteiger partial charge in [0, 0.05) is 17.5 Å². The average Bonchev–Trinajstić information content (AvgIpc) is 2.42. The smallest absolute Gasteiger partial charge is 0.270 e. The van der Waals surface area contributed by atoms with Crippen molar-refractivity contribution in [2.24, 2.45) is 0 Å². The quantitative estimate of drug-likeness (QED) is 0.874. The van der Waals surface area contributed by atoms with Gasteiger partial charge < -0.3 is 5.32 Å². The molecule has 0 bridgehead atoms. The molecule has 19 heavy (non-hydrogen) atoms. The van der Waals surface area contributed by atoms with Crippen LogP contribution in [0, 0.1) is 0 Å². The molecule has 4 heteroatoms. The van der Waals surface area contributed by atoms with Crippen LogP contribution in [0.3, 0.4) is 0 Å². The van der Waals surface area contributed by atoms with Crippen LogP contribution in [0.25, 0.3) is 10.8 Å². The molecule has 1 N–H and O–H groups in total. The lowest BCUT2D eigenvalue weighted by Crippen LogP contribution is -2.55. The van der Waals surface area contributed by atoms with Crippen LogP contribution in [0.1, 0.15) is 29.8 Å². The van der Waals surface area contributed by atoms with Gasteiger partial charge in [0.05, 0.1) is 5.54 Å². The molecule has 1 fully saturated rings. The van der Waals surface area contributed by atoms with Crippen LogP contribution >= 0.6 is 11.6 Å². The zero-order valence-corrected chi connectivity index (χ0v) is 11.3. The van der Waals surface area contributed by atoms with Crippen molar-refractivity contribution in [3.05, 3.63) is 42.2 Å². The summed E-state index contributed by atoms with van der Waals surface area (Å²) in [5, 5.41) is 4.96. The minimum absolute atomic E-state index is 0.128. The van der Waals surface area contributed by atoms with E-state index < -0.39 is 0 Å². The van der Waals surface area contributed by atoms with E-state index in [2.05, 4.69) is 10.3 Å². The topological polar surface area (TPSA) is 42.0 Å². The summed E-state index contributed by atoms with van der Waals surface area (Å²) in [7, 11) is 0. The SMILES string of the molecule is O=C(NC1(CCl)CCC1)c1nccc2ccccc12. The molecule has 0 radical (unpaired) electrons. The molecule has 1 aromatic heterocycles. The molecule has 1 aromatic carbocycles. The first-order valence-corrected chi connectivity index (χ1v) is 7.00. The fraction of sp³-hybridized carbons (Fsp3) is 0.333. The zero-order valence-electron chi connectivity index (χ0n) is 10.5. The highest BCUT2D eigenvalue weighted by Crippen LogP contribution is 2.33. The van der Waals surface area contributed by atoms with Gasteiger partial charge in [-0.25, -0.2) is 0 Å². The molecule has 0 atom stereocenters. The minimum Gasteiger partial charge on any atom is -0.344 e. The number of pyridine rings is 1. The van der Waals surface area contributed by atoms with Gasteiger partial charge in [-0.05, 0) is 30.7 Å². The Morgan fingerprint density at radius 3 is 2.79 bits per heavy atom. The number of rotatable bonds is 3. The summed E-state index contributed by atoms with van der Waals surface area (Å²) in [6.45, 7) is 0. The highest BCUT2D eigenvalue weighted by molar-refractivity contribution is 6.19. The van der Waals surface area contributed by atoms with Crippen molar-refractivity contribution in [3.63, 3.8) is 0 Å². The summed E-state index contributed by atoms with van der Waals surface area (Å²) in [6.07, 6.45) is 4.70. The van der Waals surface area contributed by atoms with Gasteiger partial charge in [0.15, 0.2) is 0 Å². The molecule has 2 aromatic rings. The second kappa shape index (κ2) is 4.82. The Morgan fingerprint density at radius 2 is 2.11 bits per heavy atom. The number of hydrogen-bond donors (Lipinski definition) is 1. The van der Waals surface area contributed by atoms with E-state index >= 15 is 0 Å². The summed E-state index contributed by atoms with van der Waals surface area (Å²) < 4.78 is 0. The molecule has 1 aliphatic carbocycles. The van der Waals surface area contributed by atoms with Crippen molar-refractivity contribution in [1.82, 2.24) is 10.3 Å². The molecule has 0 spiro atoms. The van der Waals surface area contributed by atoms with Crippen molar-refractivity contribution < 1.29 is 4.79 Å². The molecule has 1 aliphatic rings. The lowest BCUT2D eigenvalue weighted by atomic mass is 9.78. The number of benzene rings is 1. The van der Waals surface area contributed by atoms with Gasteiger partial charge in [0.2, 0.25) is 0 Å². The van der Waals surface area contributed by atoms with E-state index in [0.717, 1.165) is 30.0 Å². The van der Waals surface area contributed by atoms with Crippen LogP contribution in [-0.4, -0.2) is 22.3 Å². The van der Waals surface area contributed by atoms with E-state index in [4.69, 9.17) is 11.6 Å². The summed E-state index contributed by atoms with van der Waals surface area (Å²) in [5.74, 6) is 0.334. The first-order chi connectivity index (χ1) is 9.24. The Morgan fingerprint density at radius 1 is 1.32 bits per heavy atom. The van der Waals surface area contributed by atoms with Crippen molar-refractivity contribution in [1.29, 1.82) is 0 Å². The largest absolute Gasteiger partial charge is 0.344 e. The number of alkyl halides is 1. The summed E-state index contributed by atoms with van der Waals surface area (Å²) in [4.78, 5) is 16.6. The van der Waals surface area contributed by atoms with Crippen molar-refractivity contribution in [2.45, 2.75) is 24.8 Å². The second-order valence-corrected chi connectivity index (χ2v) is 5.37. The fourth-order valence-electron chi connectivity index (χ4n) is 2.50. The number of halogens is 1. The van der Waals surface area contributed by atoms with Crippen LogP contribution in [0.4, 0.5) is 0 Å². The molecular formula is C15H15ClN2O. The van der Waals surface area contributed by atoms with E-state index in [1.807, 2.05) is 30.3 Å². The maximum atomic E-state index is 12.4. The maximum Gasteiger partial charge on any atom is 0.270 e. The first kappa shape index (κ1) is 12.4. The number of aromatic nitrogens is 1. The molecule has 1 amide bonds. The zero-order chi connectivity index (χ0) is 13.3. The van der Waals surface area contributed by atoms with Crippen LogP contribution in [0.15, 0.2) is 36.5 Å². The van der Waals surface area contributed by atoms with Gasteiger partial charge in [0.1, 0.15) is 5.69 Å². The third kappa shape index (κ3) is 2.19. The molecule has 3 rings (SSSR count). The predicted molar refractivity (Wildman–Crippen MR) is 76.5 cm³/mol. The van der Waals surface area contributed by atoms with Gasteiger partial charge in [-0.3, -0.25) is 9.78 Å². The molecule has 0 aliphatic heterocycles. The van der Waals surface area contributed by atoms with Crippen molar-refractivity contribution in [2.75, 3.05) is 5.88 Å². The number of carbonyl (C=O) groups is 1. The minimum atomic E-state index is -0.225. The first-order valence-electron chi connectivity index (χ1n) is 6.46. The number of fused-ring (bicyclic) bond motifs is 1. The normalized spacial score (nSPS) is 16.9. The number of carbonyl (C=O) groups excluding carboxylic acids is 1. The lowest BCUT2D eigenvalue weighted by Gasteiger charge is -2.40. The van der Waals surface area contributed by atoms with Crippen LogP contribution in [0.5, 0.6) is 0 Å². The standard InChI is InChI=1S/C15H15ClN2O/c16-10-15(7-3-8-15)18-14(19)13-12-5-2-1-4-11(12)6-9-17-13/h1-2,4-6,9H,3,7-8,10H2,(H,18,19). The van der Waals surface area contributed by atoms with E-state index in [9.17, 15) is 4.79 Å². The number of nitrogens with zero attached hydrogens (tertiary/aromatic N) is 1. The Bertz CT molecular complexity index is 612. The molecule has 1 heterocycles. The van der Waals surface area contributed by atoms with Gasteiger partial charge in [-0.15, -0.1) is 11.6 Å². The molecular weight excluding hydrogens is 260 g/mol. The summed E-state index contributed by atoms with van der Waals surface area (Å²) >= 11 is 5.97. The second-order valence-electron chi connectivity index (χ2n) is 5.10. The third-order valence-electron chi connectivity index (χ3n) is 3.83. The molecule has 98 valence electrons. The average molecular weight is 275 g/mol. The monoisotopic (exact) mass is 274 g/mol. The van der Waals surface area contributed by atoms with Gasteiger partial charge in [-0.1, -0.05) is 24.3 Å². The predicted octanol–water partition coefficient (Wildman–Crippen LogP) is 3.13. The molecule has 0 unspecified atom stereocenters. The van der Waals surface area contributed by atoms with Crippen molar-refractivity contribution >= 4 is 28.3 Å². The lowest BCUT2D eigenvalue weighted by molar-refractivity contribution is 0.0850. The van der Waals surface area contributed by atoms with Gasteiger partial charge >= 0.3 is 0 Å². The molecule has 3 nitrogen and oxygen atoms in total. The summed E-state index contributed by atoms with van der Waals surface area (Å²) in [6, 6.07) is 9.68. The van der Waals surface area contributed by atoms with Crippen LogP contribution in [0.2, 0.25) is 0 Å². The van der Waals surface area contributed by atoms with E-state index in [-0.39, 0.29) is 11.4 Å². The third-order valence-corrected chi connectivity index (χ3v) is 4.35. The van der Waals surface area contributed by atoms with Crippen LogP contribution in [-0.2, 0) is 0 Å². The van der Waals surface area contributed by atoms with E-state index in [1.54, 1.807) is 6.20 Å². The Balaban J connectivity index is 1.93. The highest BCUT2D eigenvalue weighted by atomic mass is 35.5. The highest BCUT2D eigenvalue weighted by Gasteiger charge is 2.38. The van der Waals surface area contributed by atoms with E-state index in [0.29, 0.717) is 11.6 Å². The van der Waals surface area contributed by atoms with Gasteiger partial charge in [-0.2, -0.15) is 0 Å². The Labute approximate surface area is 117 Å². The number of hydrogen-bond acceptors (Lipinski definition) is 2. The van der Waals surface area contributed by atoms with Crippen molar-refractivity contribution in [3.8, 4) is 0 Å². The Hall–Kier alpha value is -1.61. The molecule has 1 saturated carbocycles. The maximum absolute atomic E-state index is 12.4.